The first-order valence-corrected chi connectivity index (χ1v) is 7.06. The molecule has 0 amide bonds. The van der Waals surface area contributed by atoms with Gasteiger partial charge in [-0.15, -0.1) is 0 Å². The Morgan fingerprint density at radius 3 is 2.50 bits per heavy atom. The number of ether oxygens (including phenoxy) is 1. The van der Waals surface area contributed by atoms with Gasteiger partial charge < -0.3 is 9.84 Å². The van der Waals surface area contributed by atoms with E-state index in [9.17, 15) is 4.79 Å². The van der Waals surface area contributed by atoms with Gasteiger partial charge in [-0.25, -0.2) is 0 Å². The van der Waals surface area contributed by atoms with Crippen LogP contribution in [-0.4, -0.2) is 35.7 Å². The van der Waals surface area contributed by atoms with Crippen molar-refractivity contribution in [2.75, 3.05) is 13.7 Å². The average molecular weight is 279 g/mol. The third-order valence-electron chi connectivity index (χ3n) is 3.36. The fourth-order valence-electron chi connectivity index (χ4n) is 2.18. The standard InChI is InChI=1S/C16H25NO3/c1-13(2)17(10-6-9-16(18)19)11-14-7-4-5-8-15(14)12-20-3/h4-5,7-8,13H,6,9-12H2,1-3H3,(H,18,19). The number of rotatable bonds is 9. The molecular weight excluding hydrogens is 254 g/mol. The minimum atomic E-state index is -0.728. The molecule has 0 saturated heterocycles. The van der Waals surface area contributed by atoms with Crippen LogP contribution in [0.3, 0.4) is 0 Å². The van der Waals surface area contributed by atoms with E-state index in [1.54, 1.807) is 7.11 Å². The molecule has 0 fully saturated rings. The Labute approximate surface area is 121 Å². The number of methoxy groups -OCH3 is 1. The third-order valence-corrected chi connectivity index (χ3v) is 3.36. The van der Waals surface area contributed by atoms with E-state index in [0.29, 0.717) is 19.1 Å². The van der Waals surface area contributed by atoms with Crippen LogP contribution in [0.4, 0.5) is 0 Å². The van der Waals surface area contributed by atoms with Gasteiger partial charge in [0.1, 0.15) is 0 Å². The van der Waals surface area contributed by atoms with Crippen LogP contribution in [0.5, 0.6) is 0 Å². The molecule has 0 atom stereocenters. The molecule has 0 saturated carbocycles. The monoisotopic (exact) mass is 279 g/mol. The highest BCUT2D eigenvalue weighted by Gasteiger charge is 2.12. The lowest BCUT2D eigenvalue weighted by molar-refractivity contribution is -0.137. The molecule has 1 aromatic carbocycles. The van der Waals surface area contributed by atoms with Crippen LogP contribution in [-0.2, 0) is 22.7 Å². The molecule has 0 bridgehead atoms. The average Bonchev–Trinajstić information content (AvgIpc) is 2.39. The van der Waals surface area contributed by atoms with Crippen molar-refractivity contribution in [1.82, 2.24) is 4.90 Å². The van der Waals surface area contributed by atoms with Crippen LogP contribution in [0, 0.1) is 0 Å². The van der Waals surface area contributed by atoms with Crippen molar-refractivity contribution in [1.29, 1.82) is 0 Å². The zero-order valence-corrected chi connectivity index (χ0v) is 12.6. The van der Waals surface area contributed by atoms with E-state index in [1.807, 2.05) is 12.1 Å². The second kappa shape index (κ2) is 8.72. The van der Waals surface area contributed by atoms with Gasteiger partial charge in [0.05, 0.1) is 6.61 Å². The smallest absolute Gasteiger partial charge is 0.303 e. The second-order valence-electron chi connectivity index (χ2n) is 5.26. The normalized spacial score (nSPS) is 11.2. The number of hydrogen-bond donors (Lipinski definition) is 1. The summed E-state index contributed by atoms with van der Waals surface area (Å²) in [6.45, 7) is 6.51. The van der Waals surface area contributed by atoms with Crippen LogP contribution < -0.4 is 0 Å². The fraction of sp³-hybridized carbons (Fsp3) is 0.562. The lowest BCUT2D eigenvalue weighted by Crippen LogP contribution is -2.32. The Bertz CT molecular complexity index is 418. The molecule has 4 heteroatoms. The minimum absolute atomic E-state index is 0.225. The van der Waals surface area contributed by atoms with Gasteiger partial charge in [-0.3, -0.25) is 9.69 Å². The predicted octanol–water partition coefficient (Wildman–Crippen LogP) is 2.91. The first-order valence-electron chi connectivity index (χ1n) is 7.06. The molecule has 0 aliphatic carbocycles. The summed E-state index contributed by atoms with van der Waals surface area (Å²) in [5, 5.41) is 8.73. The Balaban J connectivity index is 2.67. The molecule has 0 unspecified atom stereocenters. The highest BCUT2D eigenvalue weighted by molar-refractivity contribution is 5.66. The number of aliphatic carboxylic acids is 1. The van der Waals surface area contributed by atoms with Crippen molar-refractivity contribution in [3.05, 3.63) is 35.4 Å². The van der Waals surface area contributed by atoms with Gasteiger partial charge >= 0.3 is 5.97 Å². The van der Waals surface area contributed by atoms with Gasteiger partial charge in [0.15, 0.2) is 0 Å². The molecule has 0 aliphatic rings. The van der Waals surface area contributed by atoms with Crippen LogP contribution in [0.1, 0.15) is 37.8 Å². The second-order valence-corrected chi connectivity index (χ2v) is 5.26. The zero-order valence-electron chi connectivity index (χ0n) is 12.6. The Morgan fingerprint density at radius 1 is 1.30 bits per heavy atom. The van der Waals surface area contributed by atoms with Gasteiger partial charge in [0.25, 0.3) is 0 Å². The van der Waals surface area contributed by atoms with E-state index in [1.165, 1.54) is 11.1 Å². The van der Waals surface area contributed by atoms with Gasteiger partial charge in [-0.05, 0) is 37.9 Å². The maximum atomic E-state index is 10.6. The van der Waals surface area contributed by atoms with Gasteiger partial charge in [-0.2, -0.15) is 0 Å². The lowest BCUT2D eigenvalue weighted by Gasteiger charge is -2.27. The molecule has 0 aromatic heterocycles. The molecular formula is C16H25NO3. The van der Waals surface area contributed by atoms with Crippen molar-refractivity contribution in [3.63, 3.8) is 0 Å². The number of carboxylic acids is 1. The van der Waals surface area contributed by atoms with Crippen LogP contribution in [0.15, 0.2) is 24.3 Å². The van der Waals surface area contributed by atoms with Crippen LogP contribution >= 0.6 is 0 Å². The molecule has 0 radical (unpaired) electrons. The highest BCUT2D eigenvalue weighted by Crippen LogP contribution is 2.15. The van der Waals surface area contributed by atoms with Crippen molar-refractivity contribution in [2.45, 2.75) is 45.9 Å². The summed E-state index contributed by atoms with van der Waals surface area (Å²) in [5.41, 5.74) is 2.44. The van der Waals surface area contributed by atoms with E-state index >= 15 is 0 Å². The van der Waals surface area contributed by atoms with E-state index in [0.717, 1.165) is 13.1 Å². The molecule has 0 aliphatic heterocycles. The topological polar surface area (TPSA) is 49.8 Å². The van der Waals surface area contributed by atoms with Crippen LogP contribution in [0.2, 0.25) is 0 Å². The molecule has 0 heterocycles. The minimum Gasteiger partial charge on any atom is -0.481 e. The molecule has 112 valence electrons. The number of benzene rings is 1. The summed E-state index contributed by atoms with van der Waals surface area (Å²) in [5.74, 6) is -0.728. The Kier molecular flexibility index (Phi) is 7.26. The molecule has 0 spiro atoms. The van der Waals surface area contributed by atoms with Gasteiger partial charge in [0, 0.05) is 26.1 Å². The summed E-state index contributed by atoms with van der Waals surface area (Å²) >= 11 is 0. The lowest BCUT2D eigenvalue weighted by atomic mass is 10.1. The summed E-state index contributed by atoms with van der Waals surface area (Å²) in [6, 6.07) is 8.63. The largest absolute Gasteiger partial charge is 0.481 e. The first-order chi connectivity index (χ1) is 9.54. The number of carbonyl (C=O) groups is 1. The summed E-state index contributed by atoms with van der Waals surface area (Å²) in [7, 11) is 1.70. The summed E-state index contributed by atoms with van der Waals surface area (Å²) in [4.78, 5) is 12.9. The number of hydrogen-bond acceptors (Lipinski definition) is 3. The van der Waals surface area contributed by atoms with E-state index < -0.39 is 5.97 Å². The molecule has 4 nitrogen and oxygen atoms in total. The molecule has 1 N–H and O–H groups in total. The molecule has 1 rings (SSSR count). The Morgan fingerprint density at radius 2 is 1.95 bits per heavy atom. The highest BCUT2D eigenvalue weighted by atomic mass is 16.5. The maximum absolute atomic E-state index is 10.6. The Hall–Kier alpha value is -1.39. The van der Waals surface area contributed by atoms with E-state index in [-0.39, 0.29) is 6.42 Å². The molecule has 20 heavy (non-hydrogen) atoms. The predicted molar refractivity (Wildman–Crippen MR) is 79.6 cm³/mol. The first kappa shape index (κ1) is 16.7. The van der Waals surface area contributed by atoms with Gasteiger partial charge in [0.2, 0.25) is 0 Å². The zero-order chi connectivity index (χ0) is 15.0. The summed E-state index contributed by atoms with van der Waals surface area (Å²) < 4.78 is 5.23. The van der Waals surface area contributed by atoms with Crippen molar-refractivity contribution >= 4 is 5.97 Å². The third kappa shape index (κ3) is 5.72. The van der Waals surface area contributed by atoms with Crippen LogP contribution in [0.25, 0.3) is 0 Å². The molecule has 1 aromatic rings. The van der Waals surface area contributed by atoms with Crippen molar-refractivity contribution in [2.24, 2.45) is 0 Å². The fourth-order valence-corrected chi connectivity index (χ4v) is 2.18. The van der Waals surface area contributed by atoms with E-state index in [4.69, 9.17) is 9.84 Å². The summed E-state index contributed by atoms with van der Waals surface area (Å²) in [6.07, 6.45) is 0.906. The maximum Gasteiger partial charge on any atom is 0.303 e. The number of carboxylic acid groups (broad SMARTS) is 1. The SMILES string of the molecule is COCc1ccccc1CN(CCCC(=O)O)C(C)C. The van der Waals surface area contributed by atoms with Crippen molar-refractivity contribution in [3.8, 4) is 0 Å². The van der Waals surface area contributed by atoms with Crippen molar-refractivity contribution < 1.29 is 14.6 Å². The quantitative estimate of drug-likeness (QED) is 0.755. The van der Waals surface area contributed by atoms with E-state index in [2.05, 4.69) is 30.9 Å². The van der Waals surface area contributed by atoms with Gasteiger partial charge in [-0.1, -0.05) is 24.3 Å². The number of nitrogens with zero attached hydrogens (tertiary/aromatic N) is 1.